The van der Waals surface area contributed by atoms with Gasteiger partial charge in [-0.05, 0) is 0 Å². The van der Waals surface area contributed by atoms with Crippen molar-refractivity contribution in [2.24, 2.45) is 21.7 Å². The molecule has 0 fully saturated rings. The van der Waals surface area contributed by atoms with Crippen LogP contribution in [0.25, 0.3) is 0 Å². The van der Waals surface area contributed by atoms with Crippen LogP contribution in [0.15, 0.2) is 23.0 Å². The Labute approximate surface area is 160 Å². The van der Waals surface area contributed by atoms with Gasteiger partial charge >= 0.3 is 0 Å². The van der Waals surface area contributed by atoms with Gasteiger partial charge in [0.2, 0.25) is 13.6 Å². The van der Waals surface area contributed by atoms with Crippen LogP contribution >= 0.6 is 0 Å². The van der Waals surface area contributed by atoms with Crippen molar-refractivity contribution in [1.82, 2.24) is 0 Å². The molecule has 0 aromatic heterocycles. The van der Waals surface area contributed by atoms with Crippen LogP contribution in [0.4, 0.5) is 0 Å². The molecule has 0 spiro atoms. The van der Waals surface area contributed by atoms with E-state index >= 15 is 0 Å². The molecule has 0 amide bonds. The number of allylic oxidation sites excluding steroid dienone is 4. The minimum absolute atomic E-state index is 0.0408. The first-order chi connectivity index (χ1) is 11.5. The van der Waals surface area contributed by atoms with E-state index in [2.05, 4.69) is 83.1 Å². The van der Waals surface area contributed by atoms with Gasteiger partial charge in [0.05, 0.1) is 0 Å². The van der Waals surface area contributed by atoms with E-state index in [9.17, 15) is 0 Å². The summed E-state index contributed by atoms with van der Waals surface area (Å²) in [5, 5.41) is 0. The summed E-state index contributed by atoms with van der Waals surface area (Å²) in [4.78, 5) is 0. The summed E-state index contributed by atoms with van der Waals surface area (Å²) in [5.41, 5.74) is 0.163. The maximum Gasteiger partial charge on any atom is 0.230 e. The fourth-order valence-electron chi connectivity index (χ4n) is 2.79. The summed E-state index contributed by atoms with van der Waals surface area (Å²) in [6.07, 6.45) is 0. The van der Waals surface area contributed by atoms with Crippen LogP contribution in [0.5, 0.6) is 0 Å². The molecule has 0 bridgehead atoms. The van der Waals surface area contributed by atoms with Gasteiger partial charge in [0.25, 0.3) is 0 Å². The molecule has 0 unspecified atom stereocenters. The van der Waals surface area contributed by atoms with Gasteiger partial charge in [0.1, 0.15) is 23.0 Å². The summed E-state index contributed by atoms with van der Waals surface area (Å²) in [6, 6.07) is 0. The highest BCUT2D eigenvalue weighted by Gasteiger charge is 2.36. The Morgan fingerprint density at radius 3 is 0.654 bits per heavy atom. The fourth-order valence-corrected chi connectivity index (χ4v) is 2.79. The van der Waals surface area contributed by atoms with Crippen LogP contribution in [0.3, 0.4) is 0 Å². The van der Waals surface area contributed by atoms with Gasteiger partial charge in [-0.3, -0.25) is 0 Å². The van der Waals surface area contributed by atoms with Crippen LogP contribution in [0, 0.1) is 21.7 Å². The van der Waals surface area contributed by atoms with E-state index in [1.807, 2.05) is 0 Å². The molecule has 2 aliphatic rings. The second kappa shape index (κ2) is 7.36. The molecule has 0 saturated carbocycles. The van der Waals surface area contributed by atoms with Gasteiger partial charge in [-0.15, -0.1) is 0 Å². The highest BCUT2D eigenvalue weighted by Crippen LogP contribution is 2.41. The summed E-state index contributed by atoms with van der Waals surface area (Å²) in [7, 11) is 0. The molecule has 0 radical (unpaired) electrons. The van der Waals surface area contributed by atoms with Crippen molar-refractivity contribution in [3.05, 3.63) is 23.0 Å². The van der Waals surface area contributed by atoms with E-state index in [4.69, 9.17) is 18.9 Å². The monoisotopic (exact) mass is 368 g/mol. The van der Waals surface area contributed by atoms with E-state index in [1.54, 1.807) is 0 Å². The third kappa shape index (κ3) is 5.85. The molecule has 0 saturated heterocycles. The normalized spacial score (nSPS) is 18.6. The van der Waals surface area contributed by atoms with Crippen molar-refractivity contribution in [3.63, 3.8) is 0 Å². The molecule has 0 aliphatic carbocycles. The van der Waals surface area contributed by atoms with Gasteiger partial charge in [-0.2, -0.15) is 0 Å². The largest absolute Gasteiger partial charge is 0.458 e. The Morgan fingerprint density at radius 2 is 0.538 bits per heavy atom. The van der Waals surface area contributed by atoms with Gasteiger partial charge < -0.3 is 18.9 Å². The Hall–Kier alpha value is -1.32. The lowest BCUT2D eigenvalue weighted by atomic mass is 9.85. The van der Waals surface area contributed by atoms with Crippen LogP contribution in [-0.2, 0) is 18.9 Å². The molecule has 26 heavy (non-hydrogen) atoms. The Balaban J connectivity index is 0.000000260. The van der Waals surface area contributed by atoms with Crippen molar-refractivity contribution >= 4 is 0 Å². The minimum Gasteiger partial charge on any atom is -0.458 e. The minimum atomic E-state index is 0.0408. The zero-order valence-electron chi connectivity index (χ0n) is 19.0. The standard InChI is InChI=1S/2C11H20O2/c2*1-10(2,3)8-9(11(4,5)6)13-7-12-8/h2*7H2,1-6H3. The van der Waals surface area contributed by atoms with E-state index in [0.29, 0.717) is 13.6 Å². The molecule has 0 aromatic carbocycles. The molecule has 4 heteroatoms. The van der Waals surface area contributed by atoms with Gasteiger partial charge in [0, 0.05) is 21.7 Å². The lowest BCUT2D eigenvalue weighted by Gasteiger charge is -2.24. The fraction of sp³-hybridized carbons (Fsp3) is 0.818. The van der Waals surface area contributed by atoms with Gasteiger partial charge in [0.15, 0.2) is 0 Å². The van der Waals surface area contributed by atoms with E-state index in [-0.39, 0.29) is 21.7 Å². The Morgan fingerprint density at radius 1 is 0.385 bits per heavy atom. The smallest absolute Gasteiger partial charge is 0.230 e. The first-order valence-corrected chi connectivity index (χ1v) is 9.47. The van der Waals surface area contributed by atoms with Gasteiger partial charge in [-0.25, -0.2) is 0 Å². The molecular formula is C22H40O4. The predicted molar refractivity (Wildman–Crippen MR) is 106 cm³/mol. The van der Waals surface area contributed by atoms with Gasteiger partial charge in [-0.1, -0.05) is 83.1 Å². The molecule has 2 heterocycles. The number of hydrogen-bond donors (Lipinski definition) is 0. The van der Waals surface area contributed by atoms with Crippen molar-refractivity contribution in [2.45, 2.75) is 83.1 Å². The maximum absolute atomic E-state index is 5.51. The van der Waals surface area contributed by atoms with E-state index in [1.165, 1.54) is 0 Å². The molecule has 4 nitrogen and oxygen atoms in total. The van der Waals surface area contributed by atoms with Crippen LogP contribution in [-0.4, -0.2) is 13.6 Å². The van der Waals surface area contributed by atoms with Crippen molar-refractivity contribution in [1.29, 1.82) is 0 Å². The Kier molecular flexibility index (Phi) is 6.43. The lowest BCUT2D eigenvalue weighted by Crippen LogP contribution is -2.17. The number of ether oxygens (including phenoxy) is 4. The molecule has 0 atom stereocenters. The van der Waals surface area contributed by atoms with Crippen molar-refractivity contribution in [3.8, 4) is 0 Å². The average Bonchev–Trinajstić information content (AvgIpc) is 3.06. The van der Waals surface area contributed by atoms with E-state index in [0.717, 1.165) is 23.0 Å². The Bertz CT molecular complexity index is 455. The molecule has 2 aliphatic heterocycles. The molecular weight excluding hydrogens is 328 g/mol. The zero-order chi connectivity index (χ0) is 20.6. The SMILES string of the molecule is CC(C)(C)C1=C(C(C)(C)C)OCO1.CC(C)(C)C1=C(C(C)(C)C)OCO1. The van der Waals surface area contributed by atoms with Crippen molar-refractivity contribution < 1.29 is 18.9 Å². The number of hydrogen-bond acceptors (Lipinski definition) is 4. The summed E-state index contributed by atoms with van der Waals surface area (Å²) in [6.45, 7) is 26.4. The summed E-state index contributed by atoms with van der Waals surface area (Å²) >= 11 is 0. The lowest BCUT2D eigenvalue weighted by molar-refractivity contribution is 0.0457. The first kappa shape index (κ1) is 22.7. The third-order valence-corrected chi connectivity index (χ3v) is 3.95. The molecule has 2 rings (SSSR count). The second-order valence-corrected chi connectivity index (χ2v) is 11.1. The second-order valence-electron chi connectivity index (χ2n) is 11.1. The van der Waals surface area contributed by atoms with Crippen LogP contribution in [0.2, 0.25) is 0 Å². The van der Waals surface area contributed by atoms with Crippen LogP contribution in [0.1, 0.15) is 83.1 Å². The number of rotatable bonds is 0. The maximum atomic E-state index is 5.51. The third-order valence-electron chi connectivity index (χ3n) is 3.95. The highest BCUT2D eigenvalue weighted by molar-refractivity contribution is 5.17. The molecule has 0 aromatic rings. The predicted octanol–water partition coefficient (Wildman–Crippen LogP) is 6.59. The molecule has 0 N–H and O–H groups in total. The summed E-state index contributed by atoms with van der Waals surface area (Å²) < 4.78 is 22.1. The summed E-state index contributed by atoms with van der Waals surface area (Å²) in [5.74, 6) is 4.00. The van der Waals surface area contributed by atoms with Crippen molar-refractivity contribution in [2.75, 3.05) is 13.6 Å². The van der Waals surface area contributed by atoms with Crippen LogP contribution < -0.4 is 0 Å². The first-order valence-electron chi connectivity index (χ1n) is 9.47. The highest BCUT2D eigenvalue weighted by atomic mass is 16.7. The molecule has 152 valence electrons. The topological polar surface area (TPSA) is 36.9 Å². The quantitative estimate of drug-likeness (QED) is 0.483. The average molecular weight is 369 g/mol. The zero-order valence-corrected chi connectivity index (χ0v) is 19.0. The van der Waals surface area contributed by atoms with E-state index < -0.39 is 0 Å².